The Labute approximate surface area is 179 Å². The van der Waals surface area contributed by atoms with Crippen LogP contribution in [0.4, 0.5) is 0 Å². The van der Waals surface area contributed by atoms with Gasteiger partial charge < -0.3 is 13.9 Å². The quantitative estimate of drug-likeness (QED) is 0.285. The van der Waals surface area contributed by atoms with Crippen LogP contribution in [0.3, 0.4) is 0 Å². The summed E-state index contributed by atoms with van der Waals surface area (Å²) in [5, 5.41) is 11.7. The molecule has 29 heavy (non-hydrogen) atoms. The molecule has 0 aliphatic heterocycles. The zero-order valence-corrected chi connectivity index (χ0v) is 18.3. The fourth-order valence-electron chi connectivity index (χ4n) is 3.36. The first-order valence-electron chi connectivity index (χ1n) is 9.58. The Morgan fingerprint density at radius 2 is 1.97 bits per heavy atom. The van der Waals surface area contributed by atoms with Crippen LogP contribution in [-0.2, 0) is 13.6 Å². The van der Waals surface area contributed by atoms with Crippen molar-refractivity contribution in [2.75, 3.05) is 12.4 Å². The van der Waals surface area contributed by atoms with E-state index in [1.807, 2.05) is 32.2 Å². The summed E-state index contributed by atoms with van der Waals surface area (Å²) in [5.74, 6) is 2.49. The highest BCUT2D eigenvalue weighted by molar-refractivity contribution is 7.99. The molecule has 0 aliphatic carbocycles. The Morgan fingerprint density at radius 3 is 2.76 bits per heavy atom. The Bertz CT molecular complexity index is 1150. The van der Waals surface area contributed by atoms with Crippen LogP contribution < -0.4 is 4.74 Å². The number of ether oxygens (including phenoxy) is 1. The second-order valence-electron chi connectivity index (χ2n) is 6.82. The molecule has 4 aromatic rings. The van der Waals surface area contributed by atoms with Gasteiger partial charge in [-0.25, -0.2) is 0 Å². The third kappa shape index (κ3) is 4.00. The minimum absolute atomic E-state index is 0.586. The maximum Gasteiger partial charge on any atom is 0.191 e. The van der Waals surface area contributed by atoms with Crippen molar-refractivity contribution >= 4 is 34.3 Å². The molecule has 0 spiro atoms. The Kier molecular flexibility index (Phi) is 5.83. The number of benzene rings is 2. The van der Waals surface area contributed by atoms with Gasteiger partial charge >= 0.3 is 0 Å². The monoisotopic (exact) mass is 426 g/mol. The molecular formula is C22H23ClN4OS. The fourth-order valence-corrected chi connectivity index (χ4v) is 4.21. The molecule has 0 saturated carbocycles. The molecule has 0 amide bonds. The zero-order valence-electron chi connectivity index (χ0n) is 16.7. The van der Waals surface area contributed by atoms with E-state index in [4.69, 9.17) is 16.3 Å². The van der Waals surface area contributed by atoms with Crippen molar-refractivity contribution in [1.82, 2.24) is 19.3 Å². The van der Waals surface area contributed by atoms with Gasteiger partial charge in [0.25, 0.3) is 0 Å². The van der Waals surface area contributed by atoms with E-state index in [0.717, 1.165) is 45.2 Å². The number of hydrogen-bond donors (Lipinski definition) is 0. The highest BCUT2D eigenvalue weighted by atomic mass is 35.5. The van der Waals surface area contributed by atoms with Crippen molar-refractivity contribution in [2.24, 2.45) is 7.05 Å². The normalized spacial score (nSPS) is 11.3. The summed E-state index contributed by atoms with van der Waals surface area (Å²) in [7, 11) is 2.01. The summed E-state index contributed by atoms with van der Waals surface area (Å²) < 4.78 is 10.1. The molecule has 7 heteroatoms. The molecule has 150 valence electrons. The lowest BCUT2D eigenvalue weighted by Crippen LogP contribution is -2.02. The van der Waals surface area contributed by atoms with E-state index in [-0.39, 0.29) is 0 Å². The lowest BCUT2D eigenvalue weighted by atomic mass is 10.1. The fraction of sp³-hybridized carbons (Fsp3) is 0.273. The van der Waals surface area contributed by atoms with E-state index in [1.165, 1.54) is 10.9 Å². The predicted molar refractivity (Wildman–Crippen MR) is 120 cm³/mol. The summed E-state index contributed by atoms with van der Waals surface area (Å²) in [5.41, 5.74) is 3.34. The van der Waals surface area contributed by atoms with Gasteiger partial charge in [-0.3, -0.25) is 0 Å². The SMILES string of the molecule is CCn1cc(-c2nnc(SCCOc3ccc(Cl)c(C)c3)n2C)c2ccccc21. The summed E-state index contributed by atoms with van der Waals surface area (Å²) >= 11 is 7.70. The van der Waals surface area contributed by atoms with Gasteiger partial charge in [-0.2, -0.15) is 0 Å². The second kappa shape index (κ2) is 8.51. The summed E-state index contributed by atoms with van der Waals surface area (Å²) in [6.45, 7) is 5.63. The minimum Gasteiger partial charge on any atom is -0.493 e. The third-order valence-corrected chi connectivity index (χ3v) is 6.33. The van der Waals surface area contributed by atoms with E-state index in [9.17, 15) is 0 Å². The van der Waals surface area contributed by atoms with Crippen LogP contribution in [-0.4, -0.2) is 31.7 Å². The van der Waals surface area contributed by atoms with Crippen molar-refractivity contribution in [1.29, 1.82) is 0 Å². The molecule has 0 aliphatic rings. The molecule has 0 radical (unpaired) electrons. The molecule has 2 heterocycles. The van der Waals surface area contributed by atoms with Crippen molar-refractivity contribution in [3.8, 4) is 17.1 Å². The first kappa shape index (κ1) is 19.9. The third-order valence-electron chi connectivity index (χ3n) is 4.92. The number of aromatic nitrogens is 4. The minimum atomic E-state index is 0.586. The lowest BCUT2D eigenvalue weighted by Gasteiger charge is -2.07. The maximum absolute atomic E-state index is 6.06. The van der Waals surface area contributed by atoms with Crippen LogP contribution in [0.2, 0.25) is 5.02 Å². The Hall–Kier alpha value is -2.44. The van der Waals surface area contributed by atoms with Gasteiger partial charge in [-0.05, 0) is 43.7 Å². The number of halogens is 1. The number of thioether (sulfide) groups is 1. The van der Waals surface area contributed by atoms with E-state index in [1.54, 1.807) is 11.8 Å². The van der Waals surface area contributed by atoms with Crippen LogP contribution in [0, 0.1) is 6.92 Å². The second-order valence-corrected chi connectivity index (χ2v) is 8.29. The van der Waals surface area contributed by atoms with Gasteiger partial charge in [-0.1, -0.05) is 41.6 Å². The molecule has 0 bridgehead atoms. The van der Waals surface area contributed by atoms with Crippen LogP contribution in [0.25, 0.3) is 22.3 Å². The van der Waals surface area contributed by atoms with E-state index in [2.05, 4.69) is 56.7 Å². The van der Waals surface area contributed by atoms with Gasteiger partial charge in [0.15, 0.2) is 11.0 Å². The topological polar surface area (TPSA) is 44.9 Å². The molecule has 2 aromatic carbocycles. The van der Waals surface area contributed by atoms with Gasteiger partial charge in [0, 0.05) is 47.0 Å². The number of fused-ring (bicyclic) bond motifs is 1. The molecule has 4 rings (SSSR count). The first-order chi connectivity index (χ1) is 14.1. The zero-order chi connectivity index (χ0) is 20.4. The molecule has 0 fully saturated rings. The summed E-state index contributed by atoms with van der Waals surface area (Å²) in [4.78, 5) is 0. The molecule has 2 aromatic heterocycles. The summed E-state index contributed by atoms with van der Waals surface area (Å²) in [6.07, 6.45) is 2.16. The van der Waals surface area contributed by atoms with Gasteiger partial charge in [0.2, 0.25) is 0 Å². The molecule has 0 N–H and O–H groups in total. The smallest absolute Gasteiger partial charge is 0.191 e. The van der Waals surface area contributed by atoms with E-state index in [0.29, 0.717) is 6.61 Å². The maximum atomic E-state index is 6.06. The number of hydrogen-bond acceptors (Lipinski definition) is 4. The van der Waals surface area contributed by atoms with E-state index >= 15 is 0 Å². The largest absolute Gasteiger partial charge is 0.493 e. The highest BCUT2D eigenvalue weighted by Crippen LogP contribution is 2.31. The Balaban J connectivity index is 1.46. The van der Waals surface area contributed by atoms with Gasteiger partial charge in [-0.15, -0.1) is 10.2 Å². The van der Waals surface area contributed by atoms with Crippen molar-refractivity contribution in [2.45, 2.75) is 25.5 Å². The number of aryl methyl sites for hydroxylation is 2. The van der Waals surface area contributed by atoms with Crippen LogP contribution in [0.1, 0.15) is 12.5 Å². The highest BCUT2D eigenvalue weighted by Gasteiger charge is 2.16. The lowest BCUT2D eigenvalue weighted by molar-refractivity contribution is 0.343. The number of nitrogens with zero attached hydrogens (tertiary/aromatic N) is 4. The van der Waals surface area contributed by atoms with Crippen LogP contribution in [0.15, 0.2) is 53.8 Å². The van der Waals surface area contributed by atoms with Gasteiger partial charge in [0.1, 0.15) is 5.75 Å². The van der Waals surface area contributed by atoms with Gasteiger partial charge in [0.05, 0.1) is 6.61 Å². The van der Waals surface area contributed by atoms with E-state index < -0.39 is 0 Å². The molecule has 0 atom stereocenters. The van der Waals surface area contributed by atoms with Crippen LogP contribution >= 0.6 is 23.4 Å². The predicted octanol–water partition coefficient (Wildman–Crippen LogP) is 5.59. The molecule has 0 unspecified atom stereocenters. The van der Waals surface area contributed by atoms with Crippen molar-refractivity contribution < 1.29 is 4.74 Å². The first-order valence-corrected chi connectivity index (χ1v) is 10.9. The average Bonchev–Trinajstić information content (AvgIpc) is 3.28. The molecule has 5 nitrogen and oxygen atoms in total. The number of para-hydroxylation sites is 1. The molecule has 0 saturated heterocycles. The standard InChI is InChI=1S/C22H23ClN4OS/c1-4-27-14-18(17-7-5-6-8-20(17)27)21-24-25-22(26(21)3)29-12-11-28-16-9-10-19(23)15(2)13-16/h5-10,13-14H,4,11-12H2,1-3H3. The average molecular weight is 427 g/mol. The van der Waals surface area contributed by atoms with Crippen molar-refractivity contribution in [3.63, 3.8) is 0 Å². The van der Waals surface area contributed by atoms with Crippen LogP contribution in [0.5, 0.6) is 5.75 Å². The summed E-state index contributed by atoms with van der Waals surface area (Å²) in [6, 6.07) is 14.1. The number of rotatable bonds is 7. The molecular weight excluding hydrogens is 404 g/mol. The van der Waals surface area contributed by atoms with Crippen molar-refractivity contribution in [3.05, 3.63) is 59.2 Å². The Morgan fingerprint density at radius 1 is 1.14 bits per heavy atom.